The molecule has 2 rings (SSSR count). The van der Waals surface area contributed by atoms with Crippen molar-refractivity contribution in [2.45, 2.75) is 24.2 Å². The first-order chi connectivity index (χ1) is 8.26. The summed E-state index contributed by atoms with van der Waals surface area (Å²) < 4.78 is 0. The Hall–Kier alpha value is -0.455. The van der Waals surface area contributed by atoms with Crippen LogP contribution in [0, 0.1) is 0 Å². The number of carbonyl (C=O) groups excluding carboxylic acids is 1. The van der Waals surface area contributed by atoms with Gasteiger partial charge in [0.25, 0.3) is 7.41 Å². The van der Waals surface area contributed by atoms with Gasteiger partial charge in [0.15, 0.2) is 0 Å². The lowest BCUT2D eigenvalue weighted by Gasteiger charge is -2.36. The van der Waals surface area contributed by atoms with Gasteiger partial charge in [-0.2, -0.15) is 0 Å². The molecule has 17 heavy (non-hydrogen) atoms. The van der Waals surface area contributed by atoms with Crippen LogP contribution in [0.5, 0.6) is 0 Å². The molecule has 2 atom stereocenters. The van der Waals surface area contributed by atoms with Crippen LogP contribution < -0.4 is 0 Å². The standard InChI is InChI=1S/C11H14BBrN2OS/c1-2-10-9(11-14-3-4-17-11)5-8(13)6-15(10)12-7-16/h3-5,7-8,10,12H,2,6H2,1H3/t8?,10-/m1/s1. The van der Waals surface area contributed by atoms with E-state index in [-0.39, 0.29) is 0 Å². The molecule has 0 fully saturated rings. The Kier molecular flexibility index (Phi) is 4.53. The summed E-state index contributed by atoms with van der Waals surface area (Å²) in [5.41, 5.74) is 1.25. The van der Waals surface area contributed by atoms with E-state index in [9.17, 15) is 4.79 Å². The molecule has 3 nitrogen and oxygen atoms in total. The van der Waals surface area contributed by atoms with Gasteiger partial charge in [-0.1, -0.05) is 28.9 Å². The molecule has 1 aliphatic rings. The van der Waals surface area contributed by atoms with E-state index in [2.05, 4.69) is 38.7 Å². The zero-order valence-electron chi connectivity index (χ0n) is 9.67. The van der Waals surface area contributed by atoms with Crippen molar-refractivity contribution in [1.82, 2.24) is 9.79 Å². The largest absolute Gasteiger partial charge is 0.331 e. The van der Waals surface area contributed by atoms with Gasteiger partial charge >= 0.3 is 0 Å². The van der Waals surface area contributed by atoms with Gasteiger partial charge in [0.05, 0.1) is 6.19 Å². The summed E-state index contributed by atoms with van der Waals surface area (Å²) in [4.78, 5) is 17.6. The Morgan fingerprint density at radius 3 is 3.18 bits per heavy atom. The molecule has 1 unspecified atom stereocenters. The van der Waals surface area contributed by atoms with Crippen LogP contribution in [0.25, 0.3) is 5.57 Å². The number of carbonyl (C=O) groups is 1. The Balaban J connectivity index is 2.30. The van der Waals surface area contributed by atoms with Crippen LogP contribution in [0.4, 0.5) is 0 Å². The predicted octanol–water partition coefficient (Wildman–Crippen LogP) is 1.93. The van der Waals surface area contributed by atoms with E-state index in [4.69, 9.17) is 0 Å². The molecular weight excluding hydrogens is 299 g/mol. The molecule has 0 spiro atoms. The summed E-state index contributed by atoms with van der Waals surface area (Å²) >= 11 is 5.28. The van der Waals surface area contributed by atoms with Crippen LogP contribution in [-0.4, -0.2) is 40.8 Å². The zero-order valence-corrected chi connectivity index (χ0v) is 12.1. The summed E-state index contributed by atoms with van der Waals surface area (Å²) in [7, 11) is 0.489. The van der Waals surface area contributed by atoms with Crippen molar-refractivity contribution in [1.29, 1.82) is 0 Å². The second-order valence-corrected chi connectivity index (χ2v) is 6.09. The molecule has 1 aromatic rings. The van der Waals surface area contributed by atoms with Gasteiger partial charge in [0.2, 0.25) is 0 Å². The zero-order chi connectivity index (χ0) is 12.3. The Morgan fingerprint density at radius 1 is 1.76 bits per heavy atom. The van der Waals surface area contributed by atoms with Crippen molar-refractivity contribution in [3.05, 3.63) is 22.7 Å². The van der Waals surface area contributed by atoms with Gasteiger partial charge in [-0.25, -0.2) is 4.98 Å². The normalized spacial score (nSPS) is 25.4. The molecule has 90 valence electrons. The minimum Gasteiger partial charge on any atom is -0.331 e. The molecule has 0 aliphatic carbocycles. The molecule has 0 N–H and O–H groups in total. The van der Waals surface area contributed by atoms with Gasteiger partial charge in [-0.3, -0.25) is 0 Å². The van der Waals surface area contributed by atoms with Gasteiger partial charge in [0, 0.05) is 34.6 Å². The Morgan fingerprint density at radius 2 is 2.59 bits per heavy atom. The van der Waals surface area contributed by atoms with E-state index in [0.717, 1.165) is 24.2 Å². The maximum atomic E-state index is 10.7. The van der Waals surface area contributed by atoms with Crippen LogP contribution in [0.1, 0.15) is 18.4 Å². The summed E-state index contributed by atoms with van der Waals surface area (Å²) in [6.07, 6.45) is 6.04. The molecule has 2 heterocycles. The lowest BCUT2D eigenvalue weighted by molar-refractivity contribution is 0.382. The quantitative estimate of drug-likeness (QED) is 0.484. The van der Waals surface area contributed by atoms with Crippen molar-refractivity contribution in [2.24, 2.45) is 0 Å². The predicted molar refractivity (Wildman–Crippen MR) is 77.5 cm³/mol. The topological polar surface area (TPSA) is 33.2 Å². The molecule has 0 radical (unpaired) electrons. The number of aromatic nitrogens is 1. The molecular formula is C11H14BBrN2OS. The van der Waals surface area contributed by atoms with Gasteiger partial charge in [-0.15, -0.1) is 11.3 Å². The van der Waals surface area contributed by atoms with E-state index in [1.165, 1.54) is 5.57 Å². The van der Waals surface area contributed by atoms with Crippen molar-refractivity contribution in [2.75, 3.05) is 6.54 Å². The van der Waals surface area contributed by atoms with Gasteiger partial charge in [0.1, 0.15) is 5.01 Å². The SMILES string of the molecule is CC[C@@H]1C(c2nccs2)=CC(Br)CN1BC=O. The first-order valence-electron chi connectivity index (χ1n) is 5.69. The van der Waals surface area contributed by atoms with E-state index < -0.39 is 0 Å². The van der Waals surface area contributed by atoms with E-state index in [1.54, 1.807) is 11.3 Å². The van der Waals surface area contributed by atoms with Crippen LogP contribution in [0.15, 0.2) is 17.7 Å². The van der Waals surface area contributed by atoms with E-state index in [0.29, 0.717) is 18.3 Å². The second-order valence-electron chi connectivity index (χ2n) is 4.02. The van der Waals surface area contributed by atoms with Crippen LogP contribution in [0.2, 0.25) is 0 Å². The first-order valence-corrected chi connectivity index (χ1v) is 7.49. The summed E-state index contributed by atoms with van der Waals surface area (Å²) in [6, 6.07) is 0.306. The summed E-state index contributed by atoms with van der Waals surface area (Å²) in [5.74, 6) is 0. The van der Waals surface area contributed by atoms with Gasteiger partial charge < -0.3 is 9.61 Å². The molecule has 6 heteroatoms. The van der Waals surface area contributed by atoms with E-state index in [1.807, 2.05) is 11.6 Å². The van der Waals surface area contributed by atoms with Gasteiger partial charge in [-0.05, 0) is 6.42 Å². The number of nitrogens with zero attached hydrogens (tertiary/aromatic N) is 2. The molecule has 1 aliphatic heterocycles. The molecule has 0 bridgehead atoms. The van der Waals surface area contributed by atoms with Crippen molar-refractivity contribution in [3.8, 4) is 0 Å². The highest BCUT2D eigenvalue weighted by Gasteiger charge is 2.29. The lowest BCUT2D eigenvalue weighted by atomic mass is 9.85. The van der Waals surface area contributed by atoms with Crippen LogP contribution in [0.3, 0.4) is 0 Å². The number of halogens is 1. The summed E-state index contributed by atoms with van der Waals surface area (Å²) in [5, 5.41) is 3.06. The average Bonchev–Trinajstić information content (AvgIpc) is 2.82. The van der Waals surface area contributed by atoms with Crippen LogP contribution in [-0.2, 0) is 4.79 Å². The molecule has 1 aromatic heterocycles. The first kappa shape index (κ1) is 13.0. The molecule has 0 saturated heterocycles. The smallest absolute Gasteiger partial charge is 0.281 e. The number of thiazole rings is 1. The Labute approximate surface area is 114 Å². The highest BCUT2D eigenvalue weighted by atomic mass is 79.9. The number of hydrogen-bond donors (Lipinski definition) is 0. The van der Waals surface area contributed by atoms with Crippen molar-refractivity contribution >= 4 is 46.4 Å². The monoisotopic (exact) mass is 312 g/mol. The third-order valence-electron chi connectivity index (χ3n) is 2.94. The van der Waals surface area contributed by atoms with Crippen molar-refractivity contribution in [3.63, 3.8) is 0 Å². The minimum atomic E-state index is 0.296. The molecule has 0 saturated carbocycles. The maximum absolute atomic E-state index is 10.7. The summed E-state index contributed by atoms with van der Waals surface area (Å²) in [6.45, 7) is 3.03. The fourth-order valence-corrected chi connectivity index (χ4v) is 3.63. The van der Waals surface area contributed by atoms with Crippen LogP contribution >= 0.6 is 27.3 Å². The maximum Gasteiger partial charge on any atom is 0.281 e. The third-order valence-corrected chi connectivity index (χ3v) is 4.32. The third kappa shape index (κ3) is 2.87. The van der Waals surface area contributed by atoms with Crippen molar-refractivity contribution < 1.29 is 4.79 Å². The average molecular weight is 313 g/mol. The number of alkyl halides is 1. The second kappa shape index (κ2) is 5.93. The minimum absolute atomic E-state index is 0.296. The number of rotatable bonds is 4. The number of hydrogen-bond acceptors (Lipinski definition) is 4. The van der Waals surface area contributed by atoms with E-state index >= 15 is 0 Å². The molecule has 0 aromatic carbocycles. The highest BCUT2D eigenvalue weighted by molar-refractivity contribution is 9.09. The fraction of sp³-hybridized carbons (Fsp3) is 0.455. The molecule has 0 amide bonds. The highest BCUT2D eigenvalue weighted by Crippen LogP contribution is 2.31. The fourth-order valence-electron chi connectivity index (χ4n) is 2.26. The Bertz CT molecular complexity index is 410. The lowest BCUT2D eigenvalue weighted by Crippen LogP contribution is -2.45.